The van der Waals surface area contributed by atoms with E-state index in [1.807, 2.05) is 58.0 Å². The normalized spacial score (nSPS) is 12.8. The van der Waals surface area contributed by atoms with Crippen LogP contribution in [0.15, 0.2) is 30.3 Å². The van der Waals surface area contributed by atoms with E-state index in [1.54, 1.807) is 0 Å². The fourth-order valence-electron chi connectivity index (χ4n) is 2.87. The van der Waals surface area contributed by atoms with Gasteiger partial charge in [-0.3, -0.25) is 20.0 Å². The highest BCUT2D eigenvalue weighted by atomic mass is 32.1. The first-order valence-electron chi connectivity index (χ1n) is 10.3. The van der Waals surface area contributed by atoms with E-state index in [0.29, 0.717) is 15.5 Å². The molecule has 174 valence electrons. The van der Waals surface area contributed by atoms with E-state index in [4.69, 9.17) is 17.0 Å². The first-order chi connectivity index (χ1) is 15.2. The molecule has 1 aromatic carbocycles. The van der Waals surface area contributed by atoms with E-state index in [2.05, 4.69) is 26.1 Å². The molecule has 0 fully saturated rings. The van der Waals surface area contributed by atoms with Gasteiger partial charge >= 0.3 is 6.09 Å². The SMILES string of the molecule is CC(C)CC(NC(=O)OCc1ccccc1)C(=O)NC(C(=O)Nc1n[nH]c(=S)s1)C(C)C. The van der Waals surface area contributed by atoms with Crippen LogP contribution in [-0.4, -0.2) is 40.2 Å². The van der Waals surface area contributed by atoms with E-state index in [9.17, 15) is 14.4 Å². The predicted octanol–water partition coefficient (Wildman–Crippen LogP) is 3.62. The van der Waals surface area contributed by atoms with Crippen LogP contribution in [-0.2, 0) is 20.9 Å². The molecule has 2 atom stereocenters. The minimum atomic E-state index is -0.847. The van der Waals surface area contributed by atoms with Crippen LogP contribution in [0.1, 0.15) is 39.7 Å². The smallest absolute Gasteiger partial charge is 0.408 e. The Morgan fingerprint density at radius 2 is 1.78 bits per heavy atom. The molecule has 0 aliphatic heterocycles. The highest BCUT2D eigenvalue weighted by Crippen LogP contribution is 2.14. The number of carbonyl (C=O) groups excluding carboxylic acids is 3. The average molecular weight is 480 g/mol. The number of aromatic nitrogens is 2. The molecular formula is C21H29N5O4S2. The van der Waals surface area contributed by atoms with Crippen molar-refractivity contribution in [3.05, 3.63) is 39.8 Å². The molecule has 2 rings (SSSR count). The summed E-state index contributed by atoms with van der Waals surface area (Å²) in [5.41, 5.74) is 0.839. The number of H-pyrrole nitrogens is 1. The maximum atomic E-state index is 13.0. The lowest BCUT2D eigenvalue weighted by Crippen LogP contribution is -2.54. The number of ether oxygens (including phenoxy) is 1. The van der Waals surface area contributed by atoms with Crippen LogP contribution in [0.25, 0.3) is 0 Å². The second-order valence-corrected chi connectivity index (χ2v) is 9.69. The van der Waals surface area contributed by atoms with E-state index in [1.165, 1.54) is 0 Å². The third kappa shape index (κ3) is 8.39. The van der Waals surface area contributed by atoms with E-state index >= 15 is 0 Å². The Balaban J connectivity index is 2.01. The Labute approximate surface area is 196 Å². The predicted molar refractivity (Wildman–Crippen MR) is 126 cm³/mol. The molecule has 0 saturated heterocycles. The van der Waals surface area contributed by atoms with E-state index in [0.717, 1.165) is 16.9 Å². The minimum absolute atomic E-state index is 0.0927. The molecule has 11 heteroatoms. The highest BCUT2D eigenvalue weighted by molar-refractivity contribution is 7.73. The summed E-state index contributed by atoms with van der Waals surface area (Å²) in [6, 6.07) is 7.58. The lowest BCUT2D eigenvalue weighted by atomic mass is 10.00. The molecule has 0 saturated carbocycles. The summed E-state index contributed by atoms with van der Waals surface area (Å²) in [6.45, 7) is 7.60. The molecule has 2 unspecified atom stereocenters. The number of carbonyl (C=O) groups is 3. The number of anilines is 1. The van der Waals surface area contributed by atoms with Gasteiger partial charge < -0.3 is 15.4 Å². The molecule has 2 aromatic rings. The molecule has 0 aliphatic rings. The molecule has 0 radical (unpaired) electrons. The number of alkyl carbamates (subject to hydrolysis) is 1. The van der Waals surface area contributed by atoms with Crippen molar-refractivity contribution >= 4 is 46.6 Å². The molecule has 3 amide bonds. The number of hydrogen-bond donors (Lipinski definition) is 4. The van der Waals surface area contributed by atoms with E-state index in [-0.39, 0.29) is 18.4 Å². The highest BCUT2D eigenvalue weighted by Gasteiger charge is 2.30. The molecule has 4 N–H and O–H groups in total. The first kappa shape index (κ1) is 25.5. The Hall–Kier alpha value is -2.79. The molecule has 0 aliphatic carbocycles. The summed E-state index contributed by atoms with van der Waals surface area (Å²) >= 11 is 6.09. The summed E-state index contributed by atoms with van der Waals surface area (Å²) < 4.78 is 5.67. The monoisotopic (exact) mass is 479 g/mol. The molecule has 32 heavy (non-hydrogen) atoms. The van der Waals surface area contributed by atoms with Gasteiger partial charge in [0.05, 0.1) is 0 Å². The summed E-state index contributed by atoms with van der Waals surface area (Å²) in [6.07, 6.45) is -0.309. The summed E-state index contributed by atoms with van der Waals surface area (Å²) in [4.78, 5) is 38.0. The number of nitrogens with one attached hydrogen (secondary N) is 4. The first-order valence-corrected chi connectivity index (χ1v) is 11.5. The zero-order chi connectivity index (χ0) is 23.7. The lowest BCUT2D eigenvalue weighted by Gasteiger charge is -2.25. The number of rotatable bonds is 10. The van der Waals surface area contributed by atoms with Crippen molar-refractivity contribution in [2.45, 2.75) is 52.8 Å². The lowest BCUT2D eigenvalue weighted by molar-refractivity contribution is -0.129. The standard InChI is InChI=1S/C21H29N5O4S2/c1-12(2)10-15(22-20(29)30-11-14-8-6-5-7-9-14)17(27)23-16(13(3)4)18(28)24-19-25-26-21(31)32-19/h5-9,12-13,15-16H,10-11H2,1-4H3,(H,22,29)(H,23,27)(H,26,31)(H,24,25,28). The van der Waals surface area contributed by atoms with Gasteiger partial charge in [0.25, 0.3) is 0 Å². The van der Waals surface area contributed by atoms with Gasteiger partial charge in [-0.2, -0.15) is 0 Å². The number of hydrogen-bond acceptors (Lipinski definition) is 7. The summed E-state index contributed by atoms with van der Waals surface area (Å²) in [5, 5.41) is 14.8. The molecule has 0 bridgehead atoms. The molecular weight excluding hydrogens is 450 g/mol. The topological polar surface area (TPSA) is 125 Å². The molecule has 1 heterocycles. The Bertz CT molecular complexity index is 958. The van der Waals surface area contributed by atoms with Gasteiger partial charge in [0.2, 0.25) is 16.9 Å². The van der Waals surface area contributed by atoms with Gasteiger partial charge in [-0.05, 0) is 36.0 Å². The number of nitrogens with zero attached hydrogens (tertiary/aromatic N) is 1. The third-order valence-electron chi connectivity index (χ3n) is 4.44. The van der Waals surface area contributed by atoms with Gasteiger partial charge in [-0.25, -0.2) is 4.79 Å². The van der Waals surface area contributed by atoms with Gasteiger partial charge in [-0.1, -0.05) is 69.4 Å². The van der Waals surface area contributed by atoms with Crippen LogP contribution < -0.4 is 16.0 Å². The van der Waals surface area contributed by atoms with Crippen molar-refractivity contribution in [2.24, 2.45) is 11.8 Å². The van der Waals surface area contributed by atoms with Gasteiger partial charge in [0.15, 0.2) is 3.95 Å². The summed E-state index contributed by atoms with van der Waals surface area (Å²) in [7, 11) is 0. The maximum Gasteiger partial charge on any atom is 0.408 e. The molecule has 9 nitrogen and oxygen atoms in total. The van der Waals surface area contributed by atoms with Crippen molar-refractivity contribution in [3.63, 3.8) is 0 Å². The maximum absolute atomic E-state index is 13.0. The number of benzene rings is 1. The van der Waals surface area contributed by atoms with Crippen molar-refractivity contribution in [1.82, 2.24) is 20.8 Å². The van der Waals surface area contributed by atoms with Gasteiger partial charge in [-0.15, -0.1) is 5.10 Å². The van der Waals surface area contributed by atoms with Crippen molar-refractivity contribution in [2.75, 3.05) is 5.32 Å². The van der Waals surface area contributed by atoms with Crippen LogP contribution >= 0.6 is 23.6 Å². The Morgan fingerprint density at radius 3 is 2.34 bits per heavy atom. The zero-order valence-corrected chi connectivity index (χ0v) is 20.1. The third-order valence-corrected chi connectivity index (χ3v) is 5.45. The largest absolute Gasteiger partial charge is 0.445 e. The number of amides is 3. The number of aromatic amines is 1. The van der Waals surface area contributed by atoms with Crippen molar-refractivity contribution in [3.8, 4) is 0 Å². The fourth-order valence-corrected chi connectivity index (χ4v) is 3.66. The quantitative estimate of drug-likeness (QED) is 0.386. The van der Waals surface area contributed by atoms with Crippen LogP contribution in [0.2, 0.25) is 0 Å². The molecule has 1 aromatic heterocycles. The van der Waals surface area contributed by atoms with Crippen LogP contribution in [0.5, 0.6) is 0 Å². The zero-order valence-electron chi connectivity index (χ0n) is 18.5. The second-order valence-electron chi connectivity index (χ2n) is 8.03. The van der Waals surface area contributed by atoms with Crippen LogP contribution in [0.3, 0.4) is 0 Å². The van der Waals surface area contributed by atoms with Gasteiger partial charge in [0, 0.05) is 0 Å². The fraction of sp³-hybridized carbons (Fsp3) is 0.476. The minimum Gasteiger partial charge on any atom is -0.445 e. The van der Waals surface area contributed by atoms with Crippen molar-refractivity contribution < 1.29 is 19.1 Å². The Morgan fingerprint density at radius 1 is 1.09 bits per heavy atom. The summed E-state index contributed by atoms with van der Waals surface area (Å²) in [5.74, 6) is -0.946. The molecule has 0 spiro atoms. The second kappa shape index (κ2) is 12.3. The van der Waals surface area contributed by atoms with Crippen LogP contribution in [0.4, 0.5) is 9.93 Å². The van der Waals surface area contributed by atoms with Gasteiger partial charge in [0.1, 0.15) is 18.7 Å². The van der Waals surface area contributed by atoms with E-state index < -0.39 is 30.0 Å². The van der Waals surface area contributed by atoms with Crippen molar-refractivity contribution in [1.29, 1.82) is 0 Å². The average Bonchev–Trinajstić information content (AvgIpc) is 3.14. The Kier molecular flexibility index (Phi) is 9.79. The van der Waals surface area contributed by atoms with Crippen LogP contribution in [0, 0.1) is 15.8 Å².